The zero-order valence-corrected chi connectivity index (χ0v) is 30.6. The fourth-order valence-electron chi connectivity index (χ4n) is 14.0. The molecule has 2 nitrogen and oxygen atoms in total. The summed E-state index contributed by atoms with van der Waals surface area (Å²) in [5.74, 6) is 5.89. The monoisotopic (exact) mass is 675 g/mol. The molecule has 11 atom stereocenters. The first kappa shape index (κ1) is 31.3. The Morgan fingerprint density at radius 3 is 2.57 bits per heavy atom. The molecule has 0 radical (unpaired) electrons. The molecular formula is C49H57NO. The van der Waals surface area contributed by atoms with Gasteiger partial charge in [0.05, 0.1) is 5.76 Å². The largest absolute Gasteiger partial charge is 0.490 e. The van der Waals surface area contributed by atoms with Gasteiger partial charge < -0.3 is 9.64 Å². The first-order valence-corrected chi connectivity index (χ1v) is 21.3. The summed E-state index contributed by atoms with van der Waals surface area (Å²) in [6, 6.07) is 10.7. The van der Waals surface area contributed by atoms with Crippen molar-refractivity contribution in [2.75, 3.05) is 0 Å². The molecule has 9 aliphatic carbocycles. The molecule has 264 valence electrons. The van der Waals surface area contributed by atoms with E-state index in [1.54, 1.807) is 33.5 Å². The normalized spacial score (nSPS) is 41.5. The number of allylic oxidation sites excluding steroid dienone is 12. The van der Waals surface area contributed by atoms with Gasteiger partial charge in [-0.15, -0.1) is 0 Å². The van der Waals surface area contributed by atoms with Crippen molar-refractivity contribution < 1.29 is 4.74 Å². The van der Waals surface area contributed by atoms with Crippen LogP contribution in [0, 0.1) is 35.5 Å². The van der Waals surface area contributed by atoms with Gasteiger partial charge in [0.25, 0.3) is 0 Å². The molecule has 10 aliphatic rings. The second kappa shape index (κ2) is 12.4. The molecule has 1 saturated carbocycles. The van der Waals surface area contributed by atoms with Crippen LogP contribution in [-0.4, -0.2) is 23.1 Å². The highest BCUT2D eigenvalue weighted by Crippen LogP contribution is 2.70. The zero-order valence-electron chi connectivity index (χ0n) is 30.6. The van der Waals surface area contributed by atoms with Crippen molar-refractivity contribution in [3.8, 4) is 0 Å². The molecular weight excluding hydrogens is 619 g/mol. The molecule has 0 amide bonds. The van der Waals surface area contributed by atoms with E-state index in [-0.39, 0.29) is 11.5 Å². The van der Waals surface area contributed by atoms with Crippen molar-refractivity contribution in [3.05, 3.63) is 130 Å². The maximum atomic E-state index is 6.85. The van der Waals surface area contributed by atoms with E-state index >= 15 is 0 Å². The number of rotatable bonds is 4. The molecule has 1 spiro atoms. The van der Waals surface area contributed by atoms with Gasteiger partial charge in [-0.1, -0.05) is 85.0 Å². The van der Waals surface area contributed by atoms with Gasteiger partial charge in [-0.25, -0.2) is 0 Å². The van der Waals surface area contributed by atoms with Crippen LogP contribution in [-0.2, 0) is 10.2 Å². The van der Waals surface area contributed by atoms with Gasteiger partial charge in [0.15, 0.2) is 0 Å². The molecule has 1 fully saturated rings. The lowest BCUT2D eigenvalue weighted by Gasteiger charge is -2.51. The lowest BCUT2D eigenvalue weighted by molar-refractivity contribution is 0.0613. The Kier molecular flexibility index (Phi) is 7.62. The predicted octanol–water partition coefficient (Wildman–Crippen LogP) is 11.7. The number of nitrogens with zero attached hydrogens (tertiary/aromatic N) is 1. The van der Waals surface area contributed by atoms with Crippen molar-refractivity contribution in [3.63, 3.8) is 0 Å². The fraction of sp³-hybridized carbons (Fsp3) is 0.551. The summed E-state index contributed by atoms with van der Waals surface area (Å²) in [6.07, 6.45) is 49.0. The number of benzene rings is 1. The zero-order chi connectivity index (χ0) is 33.5. The van der Waals surface area contributed by atoms with E-state index in [1.165, 1.54) is 95.7 Å². The van der Waals surface area contributed by atoms with Crippen LogP contribution >= 0.6 is 0 Å². The van der Waals surface area contributed by atoms with Gasteiger partial charge in [0.2, 0.25) is 0 Å². The summed E-state index contributed by atoms with van der Waals surface area (Å²) in [5, 5.41) is 0. The Hall–Kier alpha value is -3.26. The van der Waals surface area contributed by atoms with Crippen LogP contribution in [0.4, 0.5) is 0 Å². The summed E-state index contributed by atoms with van der Waals surface area (Å²) in [6.45, 7) is 0. The first-order chi connectivity index (χ1) is 25.3. The lowest BCUT2D eigenvalue weighted by Crippen LogP contribution is -2.52. The van der Waals surface area contributed by atoms with E-state index < -0.39 is 0 Å². The van der Waals surface area contributed by atoms with Crippen LogP contribution in [0.3, 0.4) is 0 Å². The van der Waals surface area contributed by atoms with Gasteiger partial charge in [-0.3, -0.25) is 0 Å². The molecule has 2 heteroatoms. The molecule has 51 heavy (non-hydrogen) atoms. The topological polar surface area (TPSA) is 12.5 Å². The molecule has 1 aromatic carbocycles. The van der Waals surface area contributed by atoms with Crippen LogP contribution in [0.1, 0.15) is 120 Å². The van der Waals surface area contributed by atoms with Crippen LogP contribution in [0.15, 0.2) is 119 Å². The van der Waals surface area contributed by atoms with Crippen LogP contribution < -0.4 is 0 Å². The van der Waals surface area contributed by atoms with Crippen molar-refractivity contribution in [2.24, 2.45) is 35.5 Å². The van der Waals surface area contributed by atoms with E-state index in [0.717, 1.165) is 24.7 Å². The standard InChI is InChI=1S/C49H57NO/c1-2-14-32(15-3-1)33-16-12-17-34(30-33)50(45-25-13-27-47-48(45)40-21-7-11-26-46(40)51-47)35-28-29-39-38-20-6-10-24-43(38)49(44(39)31-35)41-22-8-4-18-36(41)37-19-5-9-23-42(37)49/h1-2,4,6,10,13,17-20,23-24,27-29,32-33,35-36,39,41,44-45,47-48H,3,5,7-9,11-12,14-16,21-22,25-26,30-31H2. The van der Waals surface area contributed by atoms with Gasteiger partial charge in [-0.05, 0) is 154 Å². The molecule has 1 heterocycles. The summed E-state index contributed by atoms with van der Waals surface area (Å²) in [7, 11) is 0. The highest BCUT2D eigenvalue weighted by molar-refractivity contribution is 5.64. The first-order valence-electron chi connectivity index (χ1n) is 21.3. The molecule has 0 aromatic heterocycles. The van der Waals surface area contributed by atoms with Gasteiger partial charge in [-0.2, -0.15) is 0 Å². The van der Waals surface area contributed by atoms with E-state index in [2.05, 4.69) is 96.0 Å². The Morgan fingerprint density at radius 1 is 0.706 bits per heavy atom. The highest BCUT2D eigenvalue weighted by atomic mass is 16.5. The van der Waals surface area contributed by atoms with E-state index in [0.29, 0.717) is 41.7 Å². The van der Waals surface area contributed by atoms with Crippen LogP contribution in [0.2, 0.25) is 0 Å². The van der Waals surface area contributed by atoms with Crippen molar-refractivity contribution >= 4 is 0 Å². The number of ether oxygens (including phenoxy) is 1. The lowest BCUT2D eigenvalue weighted by atomic mass is 9.58. The van der Waals surface area contributed by atoms with Crippen molar-refractivity contribution in [1.29, 1.82) is 0 Å². The summed E-state index contributed by atoms with van der Waals surface area (Å²) >= 11 is 0. The summed E-state index contributed by atoms with van der Waals surface area (Å²) < 4.78 is 6.85. The third-order valence-electron chi connectivity index (χ3n) is 15.8. The third kappa shape index (κ3) is 4.66. The average Bonchev–Trinajstić information content (AvgIpc) is 3.83. The minimum absolute atomic E-state index is 0.125. The van der Waals surface area contributed by atoms with Crippen LogP contribution in [0.25, 0.3) is 0 Å². The Balaban J connectivity index is 1.03. The van der Waals surface area contributed by atoms with E-state index in [9.17, 15) is 0 Å². The molecule has 11 unspecified atom stereocenters. The smallest absolute Gasteiger partial charge is 0.125 e. The Labute approximate surface area is 306 Å². The van der Waals surface area contributed by atoms with Gasteiger partial charge >= 0.3 is 0 Å². The number of hydrogen-bond acceptors (Lipinski definition) is 2. The third-order valence-corrected chi connectivity index (χ3v) is 15.8. The van der Waals surface area contributed by atoms with Gasteiger partial charge in [0.1, 0.15) is 6.10 Å². The van der Waals surface area contributed by atoms with Gasteiger partial charge in [0, 0.05) is 47.4 Å². The molecule has 0 saturated heterocycles. The fourth-order valence-corrected chi connectivity index (χ4v) is 14.0. The molecule has 0 N–H and O–H groups in total. The van der Waals surface area contributed by atoms with E-state index in [4.69, 9.17) is 4.74 Å². The van der Waals surface area contributed by atoms with Crippen LogP contribution in [0.5, 0.6) is 0 Å². The molecule has 1 aromatic rings. The minimum Gasteiger partial charge on any atom is -0.490 e. The molecule has 0 bridgehead atoms. The number of fused-ring (bicyclic) bond motifs is 12. The maximum Gasteiger partial charge on any atom is 0.125 e. The Morgan fingerprint density at radius 2 is 1.61 bits per heavy atom. The second-order valence-electron chi connectivity index (χ2n) is 18.0. The summed E-state index contributed by atoms with van der Waals surface area (Å²) in [5.41, 5.74) is 10.2. The highest BCUT2D eigenvalue weighted by Gasteiger charge is 2.64. The quantitative estimate of drug-likeness (QED) is 0.295. The SMILES string of the molecule is C1=CCC(C2CCC=C(N(C3C=CC4c5ccccc5C5(C6=CCCC=C6C6C=CCCC65)C4C3)C3CC=CC4OC5=C(CCCC5)C43)C2)CC1. The van der Waals surface area contributed by atoms with Crippen molar-refractivity contribution in [1.82, 2.24) is 4.90 Å². The number of hydrogen-bond donors (Lipinski definition) is 0. The predicted molar refractivity (Wildman–Crippen MR) is 208 cm³/mol. The Bertz CT molecular complexity index is 1830. The summed E-state index contributed by atoms with van der Waals surface area (Å²) in [4.78, 5) is 3.09. The minimum atomic E-state index is 0.125. The van der Waals surface area contributed by atoms with E-state index in [1.807, 2.05) is 0 Å². The maximum absolute atomic E-state index is 6.85. The molecule has 11 rings (SSSR count). The second-order valence-corrected chi connectivity index (χ2v) is 18.0. The molecule has 1 aliphatic heterocycles. The van der Waals surface area contributed by atoms with Crippen molar-refractivity contribution in [2.45, 2.75) is 132 Å². The average molecular weight is 676 g/mol.